The van der Waals surface area contributed by atoms with Gasteiger partial charge < -0.3 is 14.6 Å². The van der Waals surface area contributed by atoms with E-state index in [0.29, 0.717) is 28.0 Å². The molecule has 0 aliphatic carbocycles. The summed E-state index contributed by atoms with van der Waals surface area (Å²) >= 11 is 0. The van der Waals surface area contributed by atoms with Crippen molar-refractivity contribution < 1.29 is 24.3 Å². The molecular formula is C17H12N2O6. The van der Waals surface area contributed by atoms with Crippen LogP contribution in [0.5, 0.6) is 17.2 Å². The minimum Gasteiger partial charge on any atom is -0.493 e. The molecule has 126 valence electrons. The van der Waals surface area contributed by atoms with Gasteiger partial charge in [-0.05, 0) is 30.3 Å². The van der Waals surface area contributed by atoms with Crippen LogP contribution in [0.1, 0.15) is 10.5 Å². The Morgan fingerprint density at radius 1 is 1.20 bits per heavy atom. The Hall–Kier alpha value is -3.68. The Kier molecular flexibility index (Phi) is 4.17. The van der Waals surface area contributed by atoms with E-state index < -0.39 is 10.9 Å². The van der Waals surface area contributed by atoms with Crippen molar-refractivity contribution in [3.63, 3.8) is 0 Å². The first kappa shape index (κ1) is 16.2. The number of aromatic carboxylic acids is 1. The summed E-state index contributed by atoms with van der Waals surface area (Å²) in [5.41, 5.74) is -0.191. The first-order valence-electron chi connectivity index (χ1n) is 7.12. The zero-order valence-electron chi connectivity index (χ0n) is 13.0. The van der Waals surface area contributed by atoms with Gasteiger partial charge >= 0.3 is 5.97 Å². The molecule has 0 radical (unpaired) electrons. The molecule has 0 spiro atoms. The summed E-state index contributed by atoms with van der Waals surface area (Å²) in [6.45, 7) is 0. The average Bonchev–Trinajstić information content (AvgIpc) is 2.62. The Morgan fingerprint density at radius 2 is 1.92 bits per heavy atom. The van der Waals surface area contributed by atoms with Crippen molar-refractivity contribution in [3.05, 3.63) is 64.5 Å². The molecule has 25 heavy (non-hydrogen) atoms. The van der Waals surface area contributed by atoms with E-state index >= 15 is 0 Å². The van der Waals surface area contributed by atoms with Crippen LogP contribution in [-0.4, -0.2) is 28.1 Å². The van der Waals surface area contributed by atoms with Crippen LogP contribution in [0.4, 0.5) is 5.69 Å². The fraction of sp³-hybridized carbons (Fsp3) is 0.0588. The average molecular weight is 340 g/mol. The van der Waals surface area contributed by atoms with E-state index in [1.54, 1.807) is 12.1 Å². The quantitative estimate of drug-likeness (QED) is 0.557. The molecule has 0 aliphatic heterocycles. The predicted molar refractivity (Wildman–Crippen MR) is 88.4 cm³/mol. The molecule has 8 nitrogen and oxygen atoms in total. The highest BCUT2D eigenvalue weighted by Crippen LogP contribution is 2.39. The van der Waals surface area contributed by atoms with E-state index in [4.69, 9.17) is 14.6 Å². The summed E-state index contributed by atoms with van der Waals surface area (Å²) in [6, 6.07) is 10.3. The SMILES string of the molecule is COc1ccc2cnc(C(=O)O)cc2c1Oc1ccc([N+](=O)[O-])cc1. The van der Waals surface area contributed by atoms with Crippen LogP contribution in [-0.2, 0) is 0 Å². The van der Waals surface area contributed by atoms with Gasteiger partial charge in [-0.2, -0.15) is 0 Å². The molecule has 1 N–H and O–H groups in total. The zero-order chi connectivity index (χ0) is 18.0. The summed E-state index contributed by atoms with van der Waals surface area (Å²) < 4.78 is 11.1. The van der Waals surface area contributed by atoms with Crippen molar-refractivity contribution in [3.8, 4) is 17.2 Å². The second-order valence-corrected chi connectivity index (χ2v) is 5.05. The molecule has 0 amide bonds. The van der Waals surface area contributed by atoms with Crippen LogP contribution in [0.15, 0.2) is 48.7 Å². The monoisotopic (exact) mass is 340 g/mol. The summed E-state index contributed by atoms with van der Waals surface area (Å²) in [5.74, 6) is -0.108. The molecule has 3 rings (SSSR count). The van der Waals surface area contributed by atoms with Crippen LogP contribution in [0.3, 0.4) is 0 Å². The molecule has 0 aliphatic rings. The van der Waals surface area contributed by atoms with Crippen LogP contribution < -0.4 is 9.47 Å². The van der Waals surface area contributed by atoms with Gasteiger partial charge in [0.2, 0.25) is 0 Å². The van der Waals surface area contributed by atoms with Gasteiger partial charge in [0, 0.05) is 29.1 Å². The fourth-order valence-corrected chi connectivity index (χ4v) is 2.31. The van der Waals surface area contributed by atoms with Crippen molar-refractivity contribution in [2.24, 2.45) is 0 Å². The number of pyridine rings is 1. The summed E-state index contributed by atoms with van der Waals surface area (Å²) in [4.78, 5) is 25.3. The highest BCUT2D eigenvalue weighted by atomic mass is 16.6. The Morgan fingerprint density at radius 3 is 2.52 bits per heavy atom. The van der Waals surface area contributed by atoms with Crippen LogP contribution >= 0.6 is 0 Å². The van der Waals surface area contributed by atoms with Crippen molar-refractivity contribution in [2.75, 3.05) is 7.11 Å². The first-order valence-corrected chi connectivity index (χ1v) is 7.12. The first-order chi connectivity index (χ1) is 12.0. The molecule has 3 aromatic rings. The highest BCUT2D eigenvalue weighted by Gasteiger charge is 2.15. The van der Waals surface area contributed by atoms with Gasteiger partial charge in [-0.3, -0.25) is 10.1 Å². The van der Waals surface area contributed by atoms with Gasteiger partial charge in [-0.1, -0.05) is 0 Å². The van der Waals surface area contributed by atoms with Crippen molar-refractivity contribution >= 4 is 22.4 Å². The molecule has 0 fully saturated rings. The third-order valence-electron chi connectivity index (χ3n) is 3.52. The standard InChI is InChI=1S/C17H12N2O6/c1-24-15-7-2-10-9-18-14(17(20)21)8-13(10)16(15)25-12-5-3-11(4-6-12)19(22)23/h2-9H,1H3,(H,20,21). The Labute approximate surface area is 141 Å². The maximum atomic E-state index is 11.2. The number of non-ortho nitro benzene ring substituents is 1. The topological polar surface area (TPSA) is 112 Å². The lowest BCUT2D eigenvalue weighted by Gasteiger charge is -2.13. The van der Waals surface area contributed by atoms with E-state index in [9.17, 15) is 14.9 Å². The third-order valence-corrected chi connectivity index (χ3v) is 3.52. The number of carboxylic acid groups (broad SMARTS) is 1. The highest BCUT2D eigenvalue weighted by molar-refractivity contribution is 5.96. The summed E-state index contributed by atoms with van der Waals surface area (Å²) in [5, 5.41) is 21.0. The van der Waals surface area contributed by atoms with Crippen LogP contribution in [0, 0.1) is 10.1 Å². The maximum Gasteiger partial charge on any atom is 0.354 e. The van der Waals surface area contributed by atoms with Gasteiger partial charge in [0.25, 0.3) is 5.69 Å². The molecule has 2 aromatic carbocycles. The number of nitro groups is 1. The minimum atomic E-state index is -1.16. The number of nitro benzene ring substituents is 1. The van der Waals surface area contributed by atoms with Gasteiger partial charge in [0.05, 0.1) is 12.0 Å². The maximum absolute atomic E-state index is 11.2. The van der Waals surface area contributed by atoms with Crippen LogP contribution in [0.2, 0.25) is 0 Å². The molecule has 0 saturated carbocycles. The minimum absolute atomic E-state index is 0.0606. The Balaban J connectivity index is 2.10. The molecule has 1 heterocycles. The number of carboxylic acids is 1. The number of fused-ring (bicyclic) bond motifs is 1. The zero-order valence-corrected chi connectivity index (χ0v) is 13.0. The molecule has 8 heteroatoms. The number of hydrogen-bond acceptors (Lipinski definition) is 6. The third kappa shape index (κ3) is 3.18. The van der Waals surface area contributed by atoms with Gasteiger partial charge in [-0.25, -0.2) is 9.78 Å². The van der Waals surface area contributed by atoms with Crippen LogP contribution in [0.25, 0.3) is 10.8 Å². The summed E-state index contributed by atoms with van der Waals surface area (Å²) in [7, 11) is 1.46. The normalized spacial score (nSPS) is 10.4. The second-order valence-electron chi connectivity index (χ2n) is 5.05. The van der Waals surface area contributed by atoms with Crippen molar-refractivity contribution in [1.82, 2.24) is 4.98 Å². The van der Waals surface area contributed by atoms with E-state index in [2.05, 4.69) is 4.98 Å². The van der Waals surface area contributed by atoms with E-state index in [-0.39, 0.29) is 11.4 Å². The van der Waals surface area contributed by atoms with Crippen molar-refractivity contribution in [2.45, 2.75) is 0 Å². The largest absolute Gasteiger partial charge is 0.493 e. The molecule has 0 unspecified atom stereocenters. The van der Waals surface area contributed by atoms with E-state index in [0.717, 1.165) is 0 Å². The number of carbonyl (C=O) groups is 1. The number of methoxy groups -OCH3 is 1. The number of nitrogens with zero attached hydrogens (tertiary/aromatic N) is 2. The van der Waals surface area contributed by atoms with Crippen molar-refractivity contribution in [1.29, 1.82) is 0 Å². The lowest BCUT2D eigenvalue weighted by Crippen LogP contribution is -2.00. The lowest BCUT2D eigenvalue weighted by molar-refractivity contribution is -0.384. The molecular weight excluding hydrogens is 328 g/mol. The second kappa shape index (κ2) is 6.44. The predicted octanol–water partition coefficient (Wildman–Crippen LogP) is 3.64. The number of ether oxygens (including phenoxy) is 2. The molecule has 0 atom stereocenters. The number of aromatic nitrogens is 1. The summed E-state index contributed by atoms with van der Waals surface area (Å²) in [6.07, 6.45) is 1.43. The fourth-order valence-electron chi connectivity index (χ4n) is 2.31. The number of hydrogen-bond donors (Lipinski definition) is 1. The molecule has 0 bridgehead atoms. The number of rotatable bonds is 5. The smallest absolute Gasteiger partial charge is 0.354 e. The van der Waals surface area contributed by atoms with E-state index in [1.807, 2.05) is 0 Å². The molecule has 1 aromatic heterocycles. The van der Waals surface area contributed by atoms with E-state index in [1.165, 1.54) is 43.6 Å². The Bertz CT molecular complexity index is 969. The van der Waals surface area contributed by atoms with Gasteiger partial charge in [0.15, 0.2) is 11.5 Å². The number of benzene rings is 2. The van der Waals surface area contributed by atoms with Gasteiger partial charge in [-0.15, -0.1) is 0 Å². The lowest BCUT2D eigenvalue weighted by atomic mass is 10.1. The molecule has 0 saturated heterocycles. The van der Waals surface area contributed by atoms with Gasteiger partial charge in [0.1, 0.15) is 11.4 Å².